The molecule has 4 heteroatoms. The van der Waals surface area contributed by atoms with E-state index in [1.54, 1.807) is 7.05 Å². The Morgan fingerprint density at radius 1 is 1.47 bits per heavy atom. The highest BCUT2D eigenvalue weighted by Gasteiger charge is 2.07. The average molecular weight is 211 g/mol. The molecule has 15 heavy (non-hydrogen) atoms. The van der Waals surface area contributed by atoms with Crippen LogP contribution in [0, 0.1) is 11.6 Å². The third-order valence-corrected chi connectivity index (χ3v) is 1.95. The van der Waals surface area contributed by atoms with Crippen LogP contribution in [-0.4, -0.2) is 17.9 Å². The Labute approximate surface area is 86.8 Å². The van der Waals surface area contributed by atoms with Crippen molar-refractivity contribution >= 4 is 5.91 Å². The molecule has 0 atom stereocenters. The largest absolute Gasteiger partial charge is 0.338 e. The fraction of sp³-hybridized carbons (Fsp3) is 0.182. The molecule has 0 heterocycles. The zero-order valence-electron chi connectivity index (χ0n) is 8.34. The summed E-state index contributed by atoms with van der Waals surface area (Å²) in [5, 5.41) is 0. The molecule has 0 aromatic heterocycles. The Balaban J connectivity index is 2.77. The Bertz CT molecular complexity index is 390. The number of carbonyl (C=O) groups is 1. The molecule has 0 saturated carbocycles. The lowest BCUT2D eigenvalue weighted by atomic mass is 10.2. The highest BCUT2D eigenvalue weighted by Crippen LogP contribution is 2.10. The van der Waals surface area contributed by atoms with Gasteiger partial charge in [0.1, 0.15) is 0 Å². The van der Waals surface area contributed by atoms with E-state index >= 15 is 0 Å². The molecule has 0 radical (unpaired) electrons. The van der Waals surface area contributed by atoms with Gasteiger partial charge in [-0.2, -0.15) is 0 Å². The minimum Gasteiger partial charge on any atom is -0.338 e. The summed E-state index contributed by atoms with van der Waals surface area (Å²) in [5.74, 6) is -2.07. The van der Waals surface area contributed by atoms with Gasteiger partial charge in [0.15, 0.2) is 11.6 Å². The maximum atomic E-state index is 12.8. The fourth-order valence-corrected chi connectivity index (χ4v) is 1.15. The number of hydrogen-bond acceptors (Lipinski definition) is 1. The molecule has 0 aliphatic heterocycles. The van der Waals surface area contributed by atoms with Crippen molar-refractivity contribution in [1.29, 1.82) is 0 Å². The summed E-state index contributed by atoms with van der Waals surface area (Å²) < 4.78 is 25.4. The minimum absolute atomic E-state index is 0.224. The molecule has 1 rings (SSSR count). The van der Waals surface area contributed by atoms with Crippen molar-refractivity contribution < 1.29 is 13.6 Å². The first-order chi connectivity index (χ1) is 7.04. The lowest BCUT2D eigenvalue weighted by Crippen LogP contribution is -2.23. The Morgan fingerprint density at radius 3 is 2.67 bits per heavy atom. The van der Waals surface area contributed by atoms with Crippen LogP contribution in [0.4, 0.5) is 8.78 Å². The monoisotopic (exact) mass is 211 g/mol. The van der Waals surface area contributed by atoms with E-state index in [1.807, 2.05) is 0 Å². The van der Waals surface area contributed by atoms with Crippen LogP contribution in [0.15, 0.2) is 30.9 Å². The lowest BCUT2D eigenvalue weighted by Gasteiger charge is -2.14. The molecule has 0 saturated heterocycles. The molecular formula is C11H11F2NO. The molecule has 0 fully saturated rings. The van der Waals surface area contributed by atoms with Crippen molar-refractivity contribution in [2.24, 2.45) is 0 Å². The molecule has 0 N–H and O–H groups in total. The molecule has 80 valence electrons. The predicted molar refractivity (Wildman–Crippen MR) is 53.0 cm³/mol. The zero-order valence-corrected chi connectivity index (χ0v) is 8.34. The van der Waals surface area contributed by atoms with Crippen LogP contribution < -0.4 is 0 Å². The van der Waals surface area contributed by atoms with E-state index in [0.29, 0.717) is 5.56 Å². The number of likely N-dealkylation sites (N-methyl/N-ethyl adjacent to an activating group) is 1. The number of amides is 1. The van der Waals surface area contributed by atoms with Gasteiger partial charge >= 0.3 is 0 Å². The number of rotatable bonds is 3. The van der Waals surface area contributed by atoms with Crippen LogP contribution >= 0.6 is 0 Å². The van der Waals surface area contributed by atoms with Gasteiger partial charge in [0, 0.05) is 13.6 Å². The van der Waals surface area contributed by atoms with Gasteiger partial charge in [-0.05, 0) is 23.8 Å². The van der Waals surface area contributed by atoms with Crippen molar-refractivity contribution in [3.05, 3.63) is 48.1 Å². The minimum atomic E-state index is -0.910. The van der Waals surface area contributed by atoms with Crippen LogP contribution in [0.5, 0.6) is 0 Å². The van der Waals surface area contributed by atoms with Gasteiger partial charge in [-0.1, -0.05) is 12.6 Å². The molecule has 0 bridgehead atoms. The van der Waals surface area contributed by atoms with Crippen molar-refractivity contribution in [2.45, 2.75) is 6.54 Å². The van der Waals surface area contributed by atoms with E-state index in [1.165, 1.54) is 17.0 Å². The Kier molecular flexibility index (Phi) is 3.55. The number of benzene rings is 1. The summed E-state index contributed by atoms with van der Waals surface area (Å²) in [6, 6.07) is 3.55. The second kappa shape index (κ2) is 4.68. The van der Waals surface area contributed by atoms with Gasteiger partial charge in [0.2, 0.25) is 5.91 Å². The van der Waals surface area contributed by atoms with E-state index in [2.05, 4.69) is 6.58 Å². The van der Waals surface area contributed by atoms with Gasteiger partial charge in [0.05, 0.1) is 0 Å². The predicted octanol–water partition coefficient (Wildman–Crippen LogP) is 2.11. The fourth-order valence-electron chi connectivity index (χ4n) is 1.15. The molecule has 1 amide bonds. The number of hydrogen-bond donors (Lipinski definition) is 0. The third-order valence-electron chi connectivity index (χ3n) is 1.95. The lowest BCUT2D eigenvalue weighted by molar-refractivity contribution is -0.125. The molecule has 0 aliphatic rings. The van der Waals surface area contributed by atoms with Crippen molar-refractivity contribution in [3.8, 4) is 0 Å². The second-order valence-corrected chi connectivity index (χ2v) is 3.15. The van der Waals surface area contributed by atoms with E-state index in [-0.39, 0.29) is 12.5 Å². The zero-order chi connectivity index (χ0) is 11.4. The Hall–Kier alpha value is -1.71. The van der Waals surface area contributed by atoms with Gasteiger partial charge in [-0.15, -0.1) is 0 Å². The first kappa shape index (κ1) is 11.4. The maximum Gasteiger partial charge on any atom is 0.245 e. The molecule has 0 unspecified atom stereocenters. The van der Waals surface area contributed by atoms with Crippen LogP contribution in [0.1, 0.15) is 5.56 Å². The molecule has 0 spiro atoms. The Morgan fingerprint density at radius 2 is 2.13 bits per heavy atom. The summed E-state index contributed by atoms with van der Waals surface area (Å²) in [4.78, 5) is 12.5. The number of nitrogens with zero attached hydrogens (tertiary/aromatic N) is 1. The van der Waals surface area contributed by atoms with E-state index < -0.39 is 11.6 Å². The highest BCUT2D eigenvalue weighted by atomic mass is 19.2. The van der Waals surface area contributed by atoms with Gasteiger partial charge in [-0.25, -0.2) is 8.78 Å². The summed E-state index contributed by atoms with van der Waals surface area (Å²) >= 11 is 0. The maximum absolute atomic E-state index is 12.8. The summed E-state index contributed by atoms with van der Waals surface area (Å²) in [6.45, 7) is 3.55. The topological polar surface area (TPSA) is 20.3 Å². The van der Waals surface area contributed by atoms with Crippen LogP contribution in [0.2, 0.25) is 0 Å². The number of halogens is 2. The van der Waals surface area contributed by atoms with E-state index in [9.17, 15) is 13.6 Å². The quantitative estimate of drug-likeness (QED) is 0.701. The van der Waals surface area contributed by atoms with Crippen LogP contribution in [-0.2, 0) is 11.3 Å². The summed E-state index contributed by atoms with van der Waals surface area (Å²) in [5.41, 5.74) is 0.534. The molecule has 0 aliphatic carbocycles. The van der Waals surface area contributed by atoms with Crippen molar-refractivity contribution in [3.63, 3.8) is 0 Å². The van der Waals surface area contributed by atoms with E-state index in [4.69, 9.17) is 0 Å². The van der Waals surface area contributed by atoms with Gasteiger partial charge < -0.3 is 4.90 Å². The normalized spacial score (nSPS) is 9.80. The first-order valence-corrected chi connectivity index (χ1v) is 4.36. The highest BCUT2D eigenvalue weighted by molar-refractivity contribution is 5.86. The first-order valence-electron chi connectivity index (χ1n) is 4.36. The number of carbonyl (C=O) groups excluding carboxylic acids is 1. The van der Waals surface area contributed by atoms with Crippen LogP contribution in [0.3, 0.4) is 0 Å². The molecule has 1 aromatic rings. The van der Waals surface area contributed by atoms with Crippen molar-refractivity contribution in [2.75, 3.05) is 7.05 Å². The van der Waals surface area contributed by atoms with Crippen LogP contribution in [0.25, 0.3) is 0 Å². The second-order valence-electron chi connectivity index (χ2n) is 3.15. The molecule has 2 nitrogen and oxygen atoms in total. The van der Waals surface area contributed by atoms with Gasteiger partial charge in [0.25, 0.3) is 0 Å². The molecule has 1 aromatic carbocycles. The third kappa shape index (κ3) is 2.87. The van der Waals surface area contributed by atoms with Gasteiger partial charge in [-0.3, -0.25) is 4.79 Å². The SMILES string of the molecule is C=CC(=O)N(C)Cc1ccc(F)c(F)c1. The van der Waals surface area contributed by atoms with E-state index in [0.717, 1.165) is 12.1 Å². The summed E-state index contributed by atoms with van der Waals surface area (Å²) in [7, 11) is 1.56. The van der Waals surface area contributed by atoms with Crippen molar-refractivity contribution in [1.82, 2.24) is 4.90 Å². The standard InChI is InChI=1S/C11H11F2NO/c1-3-11(15)14(2)7-8-4-5-9(12)10(13)6-8/h3-6H,1,7H2,2H3. The smallest absolute Gasteiger partial charge is 0.245 e. The summed E-state index contributed by atoms with van der Waals surface area (Å²) in [6.07, 6.45) is 1.17. The molecular weight excluding hydrogens is 200 g/mol. The average Bonchev–Trinajstić information content (AvgIpc) is 2.22.